The molecule has 21 heavy (non-hydrogen) atoms. The Balaban J connectivity index is 2.24. The Labute approximate surface area is 129 Å². The lowest BCUT2D eigenvalue weighted by molar-refractivity contribution is 0.0654. The van der Waals surface area contributed by atoms with Crippen LogP contribution in [0.5, 0.6) is 0 Å². The maximum Gasteiger partial charge on any atom is 0.268 e. The van der Waals surface area contributed by atoms with E-state index in [9.17, 15) is 9.90 Å². The molecule has 0 bridgehead atoms. The summed E-state index contributed by atoms with van der Waals surface area (Å²) in [7, 11) is 0. The fraction of sp³-hybridized carbons (Fsp3) is 0.714. The largest absolute Gasteiger partial charge is 0.394 e. The number of carbonyl (C=O) groups is 1. The zero-order valence-electron chi connectivity index (χ0n) is 12.9. The second-order valence-corrected chi connectivity index (χ2v) is 6.38. The smallest absolute Gasteiger partial charge is 0.268 e. The number of aromatic nitrogens is 1. The summed E-state index contributed by atoms with van der Waals surface area (Å²) >= 11 is 1.34. The second kappa shape index (κ2) is 6.62. The predicted octanol–water partition coefficient (Wildman–Crippen LogP) is 1.41. The predicted molar refractivity (Wildman–Crippen MR) is 85.8 cm³/mol. The molecule has 1 fully saturated rings. The number of nitrogens with zero attached hydrogens (tertiary/aromatic N) is 3. The standard InChI is InChI=1S/C14H24N4O2S/c1-4-17(5-2)14-16-12(15)11(21-14)13(20)18-7-6-9(3)10(18)8-19/h9-10,19H,4-8,15H2,1-3H3. The number of aliphatic hydroxyl groups excluding tert-OH is 1. The molecule has 1 amide bonds. The maximum atomic E-state index is 12.7. The van der Waals surface area contributed by atoms with Gasteiger partial charge in [-0.05, 0) is 26.2 Å². The highest BCUT2D eigenvalue weighted by molar-refractivity contribution is 7.18. The summed E-state index contributed by atoms with van der Waals surface area (Å²) in [6.07, 6.45) is 0.915. The molecular formula is C14H24N4O2S. The molecule has 0 aliphatic carbocycles. The third-order valence-electron chi connectivity index (χ3n) is 4.20. The first kappa shape index (κ1) is 16.0. The van der Waals surface area contributed by atoms with Crippen LogP contribution in [0.1, 0.15) is 36.9 Å². The van der Waals surface area contributed by atoms with E-state index in [1.807, 2.05) is 13.8 Å². The van der Waals surface area contributed by atoms with Gasteiger partial charge in [0.2, 0.25) is 0 Å². The molecule has 2 unspecified atom stereocenters. The number of nitrogens with two attached hydrogens (primary N) is 1. The summed E-state index contributed by atoms with van der Waals surface area (Å²) < 4.78 is 0. The van der Waals surface area contributed by atoms with Crippen LogP contribution in [-0.2, 0) is 0 Å². The average Bonchev–Trinajstić information content (AvgIpc) is 3.03. The van der Waals surface area contributed by atoms with Gasteiger partial charge in [0.05, 0.1) is 12.6 Å². The summed E-state index contributed by atoms with van der Waals surface area (Å²) in [5, 5.41) is 10.3. The highest BCUT2D eigenvalue weighted by Gasteiger charge is 2.36. The normalized spacial score (nSPS) is 21.8. The summed E-state index contributed by atoms with van der Waals surface area (Å²) in [5.74, 6) is 0.505. The first-order valence-corrected chi connectivity index (χ1v) is 8.28. The van der Waals surface area contributed by atoms with E-state index in [4.69, 9.17) is 5.73 Å². The van der Waals surface area contributed by atoms with Crippen LogP contribution in [-0.4, -0.2) is 53.2 Å². The van der Waals surface area contributed by atoms with E-state index in [1.165, 1.54) is 11.3 Å². The average molecular weight is 312 g/mol. The number of nitrogen functional groups attached to an aromatic ring is 1. The van der Waals surface area contributed by atoms with Crippen LogP contribution in [0.15, 0.2) is 0 Å². The molecule has 0 radical (unpaired) electrons. The molecule has 1 saturated heterocycles. The lowest BCUT2D eigenvalue weighted by atomic mass is 10.0. The van der Waals surface area contributed by atoms with Crippen molar-refractivity contribution in [3.63, 3.8) is 0 Å². The van der Waals surface area contributed by atoms with Gasteiger partial charge in [0.25, 0.3) is 5.91 Å². The Hall–Kier alpha value is -1.34. The minimum atomic E-state index is -0.115. The van der Waals surface area contributed by atoms with Crippen molar-refractivity contribution >= 4 is 28.2 Å². The molecule has 6 nitrogen and oxygen atoms in total. The van der Waals surface area contributed by atoms with Gasteiger partial charge in [-0.15, -0.1) is 0 Å². The van der Waals surface area contributed by atoms with Crippen LogP contribution in [0, 0.1) is 5.92 Å². The molecule has 2 rings (SSSR count). The van der Waals surface area contributed by atoms with E-state index in [2.05, 4.69) is 16.8 Å². The quantitative estimate of drug-likeness (QED) is 0.859. The van der Waals surface area contributed by atoms with Gasteiger partial charge in [0.15, 0.2) is 5.13 Å². The zero-order valence-corrected chi connectivity index (χ0v) is 13.7. The van der Waals surface area contributed by atoms with Crippen LogP contribution in [0.2, 0.25) is 0 Å². The van der Waals surface area contributed by atoms with E-state index in [1.54, 1.807) is 4.90 Å². The number of anilines is 2. The number of rotatable bonds is 5. The van der Waals surface area contributed by atoms with Crippen molar-refractivity contribution in [1.29, 1.82) is 0 Å². The van der Waals surface area contributed by atoms with E-state index in [0.717, 1.165) is 24.6 Å². The van der Waals surface area contributed by atoms with Gasteiger partial charge in [0.1, 0.15) is 10.7 Å². The number of aliphatic hydroxyl groups is 1. The maximum absolute atomic E-state index is 12.7. The number of amides is 1. The minimum absolute atomic E-state index is 0.00544. The van der Waals surface area contributed by atoms with E-state index < -0.39 is 0 Å². The van der Waals surface area contributed by atoms with Gasteiger partial charge < -0.3 is 20.6 Å². The molecule has 2 heterocycles. The van der Waals surface area contributed by atoms with Crippen molar-refractivity contribution in [2.75, 3.05) is 36.9 Å². The summed E-state index contributed by atoms with van der Waals surface area (Å²) in [6.45, 7) is 8.48. The number of hydrogen-bond acceptors (Lipinski definition) is 6. The second-order valence-electron chi connectivity index (χ2n) is 5.40. The number of carbonyl (C=O) groups excluding carboxylic acids is 1. The molecule has 1 aromatic heterocycles. The van der Waals surface area contributed by atoms with Crippen molar-refractivity contribution in [2.45, 2.75) is 33.2 Å². The fourth-order valence-electron chi connectivity index (χ4n) is 2.77. The SMILES string of the molecule is CCN(CC)c1nc(N)c(C(=O)N2CCC(C)C2CO)s1. The molecule has 1 aliphatic rings. The molecular weight excluding hydrogens is 288 g/mol. The van der Waals surface area contributed by atoms with Crippen LogP contribution in [0.4, 0.5) is 10.9 Å². The van der Waals surface area contributed by atoms with Crippen LogP contribution >= 0.6 is 11.3 Å². The Morgan fingerprint density at radius 1 is 1.52 bits per heavy atom. The number of likely N-dealkylation sites (tertiary alicyclic amines) is 1. The molecule has 7 heteroatoms. The van der Waals surface area contributed by atoms with Crippen molar-refractivity contribution in [3.8, 4) is 0 Å². The first-order valence-electron chi connectivity index (χ1n) is 7.46. The Bertz CT molecular complexity index is 501. The van der Waals surface area contributed by atoms with E-state index >= 15 is 0 Å². The zero-order chi connectivity index (χ0) is 15.6. The summed E-state index contributed by atoms with van der Waals surface area (Å²) in [6, 6.07) is -0.115. The minimum Gasteiger partial charge on any atom is -0.394 e. The molecule has 0 saturated carbocycles. The van der Waals surface area contributed by atoms with E-state index in [0.29, 0.717) is 23.2 Å². The topological polar surface area (TPSA) is 82.7 Å². The van der Waals surface area contributed by atoms with Gasteiger partial charge in [-0.25, -0.2) is 4.98 Å². The lowest BCUT2D eigenvalue weighted by Gasteiger charge is -2.24. The van der Waals surface area contributed by atoms with Crippen LogP contribution < -0.4 is 10.6 Å². The fourth-order valence-corrected chi connectivity index (χ4v) is 3.84. The van der Waals surface area contributed by atoms with Gasteiger partial charge in [-0.1, -0.05) is 18.3 Å². The summed E-state index contributed by atoms with van der Waals surface area (Å²) in [5.41, 5.74) is 5.94. The highest BCUT2D eigenvalue weighted by Crippen LogP contribution is 2.32. The van der Waals surface area contributed by atoms with Gasteiger partial charge in [0, 0.05) is 19.6 Å². The first-order chi connectivity index (χ1) is 10.0. The van der Waals surface area contributed by atoms with Crippen LogP contribution in [0.3, 0.4) is 0 Å². The molecule has 118 valence electrons. The Kier molecular flexibility index (Phi) is 5.05. The van der Waals surface area contributed by atoms with Crippen molar-refractivity contribution in [1.82, 2.24) is 9.88 Å². The molecule has 0 aromatic carbocycles. The number of thiazole rings is 1. The van der Waals surface area contributed by atoms with Gasteiger partial charge >= 0.3 is 0 Å². The van der Waals surface area contributed by atoms with Gasteiger partial charge in [-0.2, -0.15) is 0 Å². The van der Waals surface area contributed by atoms with E-state index in [-0.39, 0.29) is 18.6 Å². The molecule has 1 aromatic rings. The molecule has 0 spiro atoms. The van der Waals surface area contributed by atoms with Crippen molar-refractivity contribution < 1.29 is 9.90 Å². The molecule has 1 aliphatic heterocycles. The van der Waals surface area contributed by atoms with Crippen molar-refractivity contribution in [2.24, 2.45) is 5.92 Å². The highest BCUT2D eigenvalue weighted by atomic mass is 32.1. The third-order valence-corrected chi connectivity index (χ3v) is 5.32. The monoisotopic (exact) mass is 312 g/mol. The summed E-state index contributed by atoms with van der Waals surface area (Å²) in [4.78, 5) is 21.3. The van der Waals surface area contributed by atoms with Crippen molar-refractivity contribution in [3.05, 3.63) is 4.88 Å². The molecule has 2 atom stereocenters. The molecule has 3 N–H and O–H groups in total. The Morgan fingerprint density at radius 3 is 2.76 bits per heavy atom. The third kappa shape index (κ3) is 2.98. The van der Waals surface area contributed by atoms with Gasteiger partial charge in [-0.3, -0.25) is 4.79 Å². The lowest BCUT2D eigenvalue weighted by Crippen LogP contribution is -2.39. The Morgan fingerprint density at radius 2 is 2.19 bits per heavy atom. The number of hydrogen-bond donors (Lipinski definition) is 2. The van der Waals surface area contributed by atoms with Crippen LogP contribution in [0.25, 0.3) is 0 Å².